The quantitative estimate of drug-likeness (QED) is 0.303. The fourth-order valence-electron chi connectivity index (χ4n) is 3.71. The van der Waals surface area contributed by atoms with Crippen LogP contribution in [0.3, 0.4) is 0 Å². The number of hydrogen-bond donors (Lipinski definition) is 7. The Morgan fingerprint density at radius 2 is 1.69 bits per heavy atom. The summed E-state index contributed by atoms with van der Waals surface area (Å²) in [5.41, 5.74) is 0.337. The molecule has 11 heteroatoms. The van der Waals surface area contributed by atoms with Gasteiger partial charge in [-0.05, 0) is 17.7 Å². The van der Waals surface area contributed by atoms with Gasteiger partial charge in [-0.2, -0.15) is 0 Å². The first-order valence-corrected chi connectivity index (χ1v) is 9.75. The summed E-state index contributed by atoms with van der Waals surface area (Å²) in [7, 11) is 0. The molecule has 32 heavy (non-hydrogen) atoms. The van der Waals surface area contributed by atoms with Crippen molar-refractivity contribution in [3.8, 4) is 28.7 Å². The largest absolute Gasteiger partial charge is 0.507 e. The lowest BCUT2D eigenvalue weighted by molar-refractivity contribution is -0.277. The highest BCUT2D eigenvalue weighted by Crippen LogP contribution is 2.43. The molecule has 0 aromatic heterocycles. The lowest BCUT2D eigenvalue weighted by atomic mass is 9.95. The summed E-state index contributed by atoms with van der Waals surface area (Å²) in [6.07, 6.45) is -8.50. The van der Waals surface area contributed by atoms with Gasteiger partial charge in [0.05, 0.1) is 13.0 Å². The van der Waals surface area contributed by atoms with E-state index in [1.165, 1.54) is 24.3 Å². The van der Waals surface area contributed by atoms with Crippen LogP contribution in [0.2, 0.25) is 0 Å². The average Bonchev–Trinajstić information content (AvgIpc) is 2.75. The zero-order valence-electron chi connectivity index (χ0n) is 16.5. The molecule has 2 aliphatic rings. The van der Waals surface area contributed by atoms with Gasteiger partial charge in [-0.1, -0.05) is 6.07 Å². The van der Waals surface area contributed by atoms with Gasteiger partial charge in [-0.15, -0.1) is 0 Å². The third kappa shape index (κ3) is 3.92. The van der Waals surface area contributed by atoms with Crippen LogP contribution >= 0.6 is 0 Å². The minimum absolute atomic E-state index is 0.0293. The van der Waals surface area contributed by atoms with Gasteiger partial charge in [-0.25, -0.2) is 0 Å². The number of phenols is 3. The van der Waals surface area contributed by atoms with E-state index >= 15 is 0 Å². The molecule has 2 aromatic carbocycles. The normalized spacial score (nSPS) is 29.8. The number of rotatable bonds is 4. The van der Waals surface area contributed by atoms with Crippen LogP contribution in [-0.2, 0) is 4.74 Å². The van der Waals surface area contributed by atoms with E-state index in [9.17, 15) is 40.5 Å². The molecule has 0 amide bonds. The second-order valence-corrected chi connectivity index (χ2v) is 7.61. The van der Waals surface area contributed by atoms with Crippen molar-refractivity contribution in [2.24, 2.45) is 0 Å². The summed E-state index contributed by atoms with van der Waals surface area (Å²) in [5.74, 6) is -1.69. The summed E-state index contributed by atoms with van der Waals surface area (Å²) in [6.45, 7) is -0.640. The maximum Gasteiger partial charge on any atom is 0.229 e. The topological polar surface area (TPSA) is 186 Å². The summed E-state index contributed by atoms with van der Waals surface area (Å²) in [6, 6.07) is 6.37. The maximum atomic E-state index is 12.6. The number of ketones is 1. The van der Waals surface area contributed by atoms with Crippen molar-refractivity contribution in [2.45, 2.75) is 43.2 Å². The van der Waals surface area contributed by atoms with Gasteiger partial charge in [0.1, 0.15) is 53.3 Å². The molecular formula is C21H22O11. The minimum atomic E-state index is -1.67. The number of Topliss-reactive ketones (excluding diaryl/α,β-unsaturated/α-hetero) is 1. The molecule has 2 aromatic rings. The lowest BCUT2D eigenvalue weighted by Gasteiger charge is -2.39. The summed E-state index contributed by atoms with van der Waals surface area (Å²) in [4.78, 5) is 12.6. The van der Waals surface area contributed by atoms with E-state index in [1.807, 2.05) is 0 Å². The van der Waals surface area contributed by atoms with Crippen molar-refractivity contribution in [1.82, 2.24) is 0 Å². The van der Waals surface area contributed by atoms with E-state index in [4.69, 9.17) is 14.2 Å². The Balaban J connectivity index is 1.60. The third-order valence-electron chi connectivity index (χ3n) is 5.45. The first kappa shape index (κ1) is 22.1. The first-order valence-electron chi connectivity index (χ1n) is 9.75. The minimum Gasteiger partial charge on any atom is -0.507 e. The van der Waals surface area contributed by atoms with Gasteiger partial charge in [0.15, 0.2) is 17.3 Å². The molecule has 2 aliphatic heterocycles. The zero-order chi connectivity index (χ0) is 23.2. The standard InChI is InChI=1S/C21H22O11/c22-7-16-18(27)19(28)20(29)21(32-16)30-9-4-12(25)17-13(26)6-14(31-15(17)5-9)8-1-2-10(23)11(24)3-8/h1-5,14,16,18-25,27-29H,6-7H2/t14-,16+,18-,19-,20+,21-/m1/s1. The fourth-order valence-corrected chi connectivity index (χ4v) is 3.71. The Hall–Kier alpha value is -3.09. The summed E-state index contributed by atoms with van der Waals surface area (Å²) >= 11 is 0. The van der Waals surface area contributed by atoms with Gasteiger partial charge < -0.3 is 50.0 Å². The van der Waals surface area contributed by atoms with Gasteiger partial charge >= 0.3 is 0 Å². The van der Waals surface area contributed by atoms with Crippen LogP contribution in [-0.4, -0.2) is 78.8 Å². The van der Waals surface area contributed by atoms with E-state index in [0.717, 1.165) is 6.07 Å². The molecule has 0 aliphatic carbocycles. The van der Waals surface area contributed by atoms with Crippen molar-refractivity contribution in [3.63, 3.8) is 0 Å². The van der Waals surface area contributed by atoms with Crippen molar-refractivity contribution in [2.75, 3.05) is 6.61 Å². The van der Waals surface area contributed by atoms with Gasteiger partial charge in [-0.3, -0.25) is 4.79 Å². The number of aromatic hydroxyl groups is 3. The Morgan fingerprint density at radius 3 is 2.38 bits per heavy atom. The number of aliphatic hydroxyl groups is 4. The van der Waals surface area contributed by atoms with Crippen LogP contribution < -0.4 is 9.47 Å². The Labute approximate surface area is 181 Å². The van der Waals surface area contributed by atoms with Crippen molar-refractivity contribution < 1.29 is 54.8 Å². The first-order chi connectivity index (χ1) is 15.2. The van der Waals surface area contributed by atoms with Crippen LogP contribution in [0.5, 0.6) is 28.7 Å². The number of benzene rings is 2. The van der Waals surface area contributed by atoms with Crippen LogP contribution in [0.1, 0.15) is 28.4 Å². The van der Waals surface area contributed by atoms with E-state index < -0.39 is 54.9 Å². The molecule has 172 valence electrons. The molecule has 0 spiro atoms. The Bertz CT molecular complexity index is 1020. The molecule has 0 saturated carbocycles. The van der Waals surface area contributed by atoms with Gasteiger partial charge in [0, 0.05) is 12.1 Å². The monoisotopic (exact) mass is 450 g/mol. The Morgan fingerprint density at radius 1 is 0.938 bits per heavy atom. The van der Waals surface area contributed by atoms with Gasteiger partial charge in [0.2, 0.25) is 6.29 Å². The lowest BCUT2D eigenvalue weighted by Crippen LogP contribution is -2.60. The summed E-state index contributed by atoms with van der Waals surface area (Å²) < 4.78 is 16.6. The number of phenolic OH excluding ortho intramolecular Hbond substituents is 3. The molecule has 6 atom stereocenters. The molecular weight excluding hydrogens is 428 g/mol. The molecule has 1 saturated heterocycles. The number of aliphatic hydroxyl groups excluding tert-OH is 4. The second-order valence-electron chi connectivity index (χ2n) is 7.61. The average molecular weight is 450 g/mol. The molecule has 7 N–H and O–H groups in total. The van der Waals surface area contributed by atoms with Crippen LogP contribution in [0.25, 0.3) is 0 Å². The van der Waals surface area contributed by atoms with E-state index in [2.05, 4.69) is 0 Å². The summed E-state index contributed by atoms with van der Waals surface area (Å²) in [5, 5.41) is 68.8. The third-order valence-corrected chi connectivity index (χ3v) is 5.45. The van der Waals surface area contributed by atoms with Crippen LogP contribution in [0.15, 0.2) is 30.3 Å². The maximum absolute atomic E-state index is 12.6. The molecule has 0 radical (unpaired) electrons. The fraction of sp³-hybridized carbons (Fsp3) is 0.381. The number of carbonyl (C=O) groups excluding carboxylic acids is 1. The molecule has 0 unspecified atom stereocenters. The Kier molecular flexibility index (Phi) is 5.84. The van der Waals surface area contributed by atoms with Crippen LogP contribution in [0.4, 0.5) is 0 Å². The number of ether oxygens (including phenoxy) is 3. The predicted octanol–water partition coefficient (Wildman–Crippen LogP) is -0.311. The highest BCUT2D eigenvalue weighted by molar-refractivity contribution is 6.02. The number of fused-ring (bicyclic) bond motifs is 1. The second kappa shape index (κ2) is 8.45. The van der Waals surface area contributed by atoms with Gasteiger partial charge in [0.25, 0.3) is 0 Å². The zero-order valence-corrected chi connectivity index (χ0v) is 16.5. The van der Waals surface area contributed by atoms with Crippen molar-refractivity contribution in [1.29, 1.82) is 0 Å². The number of hydrogen-bond acceptors (Lipinski definition) is 11. The highest BCUT2D eigenvalue weighted by atomic mass is 16.7. The molecule has 1 fully saturated rings. The van der Waals surface area contributed by atoms with Crippen molar-refractivity contribution >= 4 is 5.78 Å². The van der Waals surface area contributed by atoms with E-state index in [1.54, 1.807) is 0 Å². The van der Waals surface area contributed by atoms with Crippen LogP contribution in [0, 0.1) is 0 Å². The SMILES string of the molecule is O=C1C[C@H](c2ccc(O)c(O)c2)Oc2cc(O[C@@H]3O[C@@H](CO)[C@@H](O)[C@@H](O)[C@@H]3O)cc(O)c21. The predicted molar refractivity (Wildman–Crippen MR) is 105 cm³/mol. The molecule has 11 nitrogen and oxygen atoms in total. The van der Waals surface area contributed by atoms with Crippen molar-refractivity contribution in [3.05, 3.63) is 41.5 Å². The highest BCUT2D eigenvalue weighted by Gasteiger charge is 2.45. The number of carbonyl (C=O) groups is 1. The van der Waals surface area contributed by atoms with E-state index in [0.29, 0.717) is 5.56 Å². The molecule has 4 rings (SSSR count). The molecule has 2 heterocycles. The van der Waals surface area contributed by atoms with E-state index in [-0.39, 0.29) is 35.0 Å². The smallest absolute Gasteiger partial charge is 0.229 e. The molecule has 0 bridgehead atoms.